The Hall–Kier alpha value is -2.29. The van der Waals surface area contributed by atoms with Crippen molar-refractivity contribution in [2.75, 3.05) is 26.4 Å². The summed E-state index contributed by atoms with van der Waals surface area (Å²) in [5.41, 5.74) is 3.34. The van der Waals surface area contributed by atoms with Crippen LogP contribution in [0.3, 0.4) is 0 Å². The van der Waals surface area contributed by atoms with E-state index in [0.717, 1.165) is 22.3 Å². The minimum absolute atomic E-state index is 0.00799. The van der Waals surface area contributed by atoms with Gasteiger partial charge in [-0.15, -0.1) is 0 Å². The van der Waals surface area contributed by atoms with Gasteiger partial charge in [0, 0.05) is 10.8 Å². The molecule has 2 aromatic rings. The van der Waals surface area contributed by atoms with Crippen LogP contribution in [-0.4, -0.2) is 47.4 Å². The number of sulfone groups is 1. The Morgan fingerprint density at radius 3 is 1.38 bits per heavy atom. The van der Waals surface area contributed by atoms with Crippen LogP contribution in [0.25, 0.3) is 0 Å². The van der Waals surface area contributed by atoms with Gasteiger partial charge < -0.3 is 18.9 Å². The predicted octanol–water partition coefficient (Wildman–Crippen LogP) is 6.30. The number of allylic oxidation sites excluding steroid dienone is 2. The largest absolute Gasteiger partial charge is 0.348 e. The highest BCUT2D eigenvalue weighted by Gasteiger charge is 2.30. The van der Waals surface area contributed by atoms with E-state index in [4.69, 9.17) is 18.9 Å². The Labute approximate surface area is 233 Å². The first-order valence-electron chi connectivity index (χ1n) is 13.6. The average molecular weight is 555 g/mol. The summed E-state index contributed by atoms with van der Waals surface area (Å²) in [6, 6.07) is 14.4. The lowest BCUT2D eigenvalue weighted by atomic mass is 9.95. The fourth-order valence-corrected chi connectivity index (χ4v) is 6.38. The third-order valence-corrected chi connectivity index (χ3v) is 9.01. The number of ether oxygens (including phenoxy) is 4. The van der Waals surface area contributed by atoms with Crippen molar-refractivity contribution in [2.24, 2.45) is 10.8 Å². The summed E-state index contributed by atoms with van der Waals surface area (Å²) < 4.78 is 51.5. The molecule has 7 heteroatoms. The molecular formula is C32H42O6S. The van der Waals surface area contributed by atoms with Crippen molar-refractivity contribution in [3.05, 3.63) is 83.0 Å². The molecule has 0 aliphatic carbocycles. The van der Waals surface area contributed by atoms with Crippen molar-refractivity contribution in [3.8, 4) is 0 Å². The molecule has 0 saturated carbocycles. The minimum Gasteiger partial charge on any atom is -0.348 e. The predicted molar refractivity (Wildman–Crippen MR) is 152 cm³/mol. The second-order valence-electron chi connectivity index (χ2n) is 12.3. The van der Waals surface area contributed by atoms with Crippen LogP contribution in [0.15, 0.2) is 81.6 Å². The highest BCUT2D eigenvalue weighted by molar-refractivity contribution is 7.91. The normalized spacial score (nSPS) is 21.2. The maximum Gasteiger partial charge on any atom is 0.207 e. The van der Waals surface area contributed by atoms with E-state index >= 15 is 0 Å². The van der Waals surface area contributed by atoms with Crippen molar-refractivity contribution >= 4 is 9.84 Å². The van der Waals surface area contributed by atoms with E-state index in [9.17, 15) is 8.42 Å². The van der Waals surface area contributed by atoms with Gasteiger partial charge in [-0.25, -0.2) is 8.42 Å². The third-order valence-electron chi connectivity index (χ3n) is 7.06. The molecule has 2 aliphatic heterocycles. The van der Waals surface area contributed by atoms with Gasteiger partial charge in [-0.3, -0.25) is 0 Å². The zero-order valence-corrected chi connectivity index (χ0v) is 24.8. The Bertz CT molecular complexity index is 1210. The molecule has 2 aliphatic rings. The van der Waals surface area contributed by atoms with Crippen LogP contribution >= 0.6 is 0 Å². The molecule has 2 aromatic carbocycles. The summed E-state index contributed by atoms with van der Waals surface area (Å²) in [5.74, 6) is 0. The standard InChI is InChI=1S/C32H42O6S/c1-23(29-35-19-31(3,4)20-36-29)15-17-25-11-7-9-13-27(25)39(33,34)28-14-10-8-12-26(28)18-16-24(2)30-37-21-32(5,6)22-38-30/h7-16,29-30H,17-22H2,1-6H3. The number of benzene rings is 2. The summed E-state index contributed by atoms with van der Waals surface area (Å²) >= 11 is 0. The van der Waals surface area contributed by atoms with Gasteiger partial charge in [0.15, 0.2) is 12.6 Å². The fourth-order valence-electron chi connectivity index (χ4n) is 4.63. The molecule has 212 valence electrons. The summed E-state index contributed by atoms with van der Waals surface area (Å²) in [6.45, 7) is 14.8. The molecule has 0 N–H and O–H groups in total. The SMILES string of the molecule is CC(=CCc1ccccc1S(=O)(=O)c1ccccc1CC=C(C)C1OCC(C)(C)CO1)C1OCC(C)(C)CO1. The minimum atomic E-state index is -3.76. The van der Waals surface area contributed by atoms with Gasteiger partial charge >= 0.3 is 0 Å². The molecule has 0 amide bonds. The van der Waals surface area contributed by atoms with Gasteiger partial charge in [0.25, 0.3) is 0 Å². The Kier molecular flexibility index (Phi) is 9.19. The van der Waals surface area contributed by atoms with Crippen molar-refractivity contribution in [1.29, 1.82) is 0 Å². The number of hydrogen-bond acceptors (Lipinski definition) is 6. The smallest absolute Gasteiger partial charge is 0.207 e. The van der Waals surface area contributed by atoms with E-state index in [1.54, 1.807) is 24.3 Å². The van der Waals surface area contributed by atoms with Gasteiger partial charge in [-0.05, 0) is 61.1 Å². The van der Waals surface area contributed by atoms with E-state index in [0.29, 0.717) is 49.1 Å². The number of hydrogen-bond donors (Lipinski definition) is 0. The van der Waals surface area contributed by atoms with Crippen LogP contribution in [-0.2, 0) is 41.6 Å². The van der Waals surface area contributed by atoms with Gasteiger partial charge in [0.1, 0.15) is 0 Å². The van der Waals surface area contributed by atoms with E-state index in [-0.39, 0.29) is 10.8 Å². The first-order chi connectivity index (χ1) is 18.4. The highest BCUT2D eigenvalue weighted by Crippen LogP contribution is 2.30. The second kappa shape index (κ2) is 12.1. The summed E-state index contributed by atoms with van der Waals surface area (Å²) in [4.78, 5) is 0.630. The van der Waals surface area contributed by atoms with E-state index in [1.165, 1.54) is 0 Å². The molecule has 2 heterocycles. The Balaban J connectivity index is 1.53. The van der Waals surface area contributed by atoms with Crippen molar-refractivity contribution in [3.63, 3.8) is 0 Å². The molecular weight excluding hydrogens is 512 g/mol. The fraction of sp³-hybridized carbons (Fsp3) is 0.500. The van der Waals surface area contributed by atoms with Gasteiger partial charge in [-0.2, -0.15) is 0 Å². The zero-order chi connectivity index (χ0) is 28.3. The van der Waals surface area contributed by atoms with Crippen LogP contribution in [0.5, 0.6) is 0 Å². The lowest BCUT2D eigenvalue weighted by Crippen LogP contribution is -2.38. The molecule has 2 saturated heterocycles. The molecule has 0 unspecified atom stereocenters. The topological polar surface area (TPSA) is 71.1 Å². The summed E-state index contributed by atoms with van der Waals surface area (Å²) in [7, 11) is -3.76. The van der Waals surface area contributed by atoms with Crippen LogP contribution in [0.4, 0.5) is 0 Å². The van der Waals surface area contributed by atoms with Gasteiger partial charge in [0.05, 0.1) is 36.2 Å². The molecule has 0 spiro atoms. The van der Waals surface area contributed by atoms with Crippen LogP contribution in [0.1, 0.15) is 52.7 Å². The first-order valence-corrected chi connectivity index (χ1v) is 15.1. The third kappa shape index (κ3) is 7.47. The lowest BCUT2D eigenvalue weighted by Gasteiger charge is -2.35. The maximum atomic E-state index is 14.0. The monoisotopic (exact) mass is 554 g/mol. The van der Waals surface area contributed by atoms with Crippen LogP contribution in [0, 0.1) is 10.8 Å². The number of rotatable bonds is 8. The van der Waals surface area contributed by atoms with Crippen LogP contribution < -0.4 is 0 Å². The lowest BCUT2D eigenvalue weighted by molar-refractivity contribution is -0.203. The average Bonchev–Trinajstić information content (AvgIpc) is 2.90. The van der Waals surface area contributed by atoms with E-state index < -0.39 is 22.4 Å². The molecule has 4 rings (SSSR count). The highest BCUT2D eigenvalue weighted by atomic mass is 32.2. The van der Waals surface area contributed by atoms with Gasteiger partial charge in [-0.1, -0.05) is 76.2 Å². The zero-order valence-electron chi connectivity index (χ0n) is 24.0. The van der Waals surface area contributed by atoms with Crippen molar-refractivity contribution < 1.29 is 27.4 Å². The molecule has 0 atom stereocenters. The molecule has 6 nitrogen and oxygen atoms in total. The Morgan fingerprint density at radius 1 is 0.692 bits per heavy atom. The second-order valence-corrected chi connectivity index (χ2v) is 14.1. The van der Waals surface area contributed by atoms with E-state index in [1.807, 2.05) is 50.3 Å². The quantitative estimate of drug-likeness (QED) is 0.357. The molecule has 0 aromatic heterocycles. The Morgan fingerprint density at radius 2 is 1.03 bits per heavy atom. The summed E-state index contributed by atoms with van der Waals surface area (Å²) in [6.07, 6.45) is 4.12. The molecule has 0 radical (unpaired) electrons. The molecule has 2 fully saturated rings. The first kappa shape index (κ1) is 29.7. The van der Waals surface area contributed by atoms with Crippen molar-refractivity contribution in [1.82, 2.24) is 0 Å². The molecule has 39 heavy (non-hydrogen) atoms. The van der Waals surface area contributed by atoms with Crippen LogP contribution in [0.2, 0.25) is 0 Å². The summed E-state index contributed by atoms with van der Waals surface area (Å²) in [5, 5.41) is 0. The maximum absolute atomic E-state index is 14.0. The molecule has 0 bridgehead atoms. The van der Waals surface area contributed by atoms with E-state index in [2.05, 4.69) is 27.7 Å². The van der Waals surface area contributed by atoms with Crippen molar-refractivity contribution in [2.45, 2.75) is 76.8 Å². The van der Waals surface area contributed by atoms with Gasteiger partial charge in [0.2, 0.25) is 9.84 Å².